The van der Waals surface area contributed by atoms with Crippen LogP contribution in [0.25, 0.3) is 0 Å². The summed E-state index contributed by atoms with van der Waals surface area (Å²) >= 11 is 0. The largest absolute Gasteiger partial charge is 0.481 e. The molecular weight excluding hydrogens is 528 g/mol. The number of carbonyl (C=O) groups is 4. The van der Waals surface area contributed by atoms with Gasteiger partial charge in [-0.3, -0.25) is 14.4 Å². The highest BCUT2D eigenvalue weighted by Crippen LogP contribution is 2.32. The van der Waals surface area contributed by atoms with Crippen LogP contribution in [0.4, 0.5) is 4.79 Å². The molecule has 0 spiro atoms. The lowest BCUT2D eigenvalue weighted by molar-refractivity contribution is -0.139. The predicted octanol–water partition coefficient (Wildman–Crippen LogP) is 3.11. The Morgan fingerprint density at radius 3 is 2.05 bits per heavy atom. The molecule has 0 radical (unpaired) electrons. The minimum absolute atomic E-state index is 0.0129. The Hall–Kier alpha value is -2.40. The quantitative estimate of drug-likeness (QED) is 0.238. The first-order valence-electron chi connectivity index (χ1n) is 15.5. The van der Waals surface area contributed by atoms with Crippen molar-refractivity contribution in [3.63, 3.8) is 0 Å². The van der Waals surface area contributed by atoms with E-state index < -0.39 is 17.9 Å². The number of ether oxygens (including phenoxy) is 2. The molecule has 11 heteroatoms. The third kappa shape index (κ3) is 10.4. The van der Waals surface area contributed by atoms with Crippen LogP contribution in [-0.4, -0.2) is 79.5 Å². The lowest BCUT2D eigenvalue weighted by atomic mass is 9.79. The molecule has 3 fully saturated rings. The van der Waals surface area contributed by atoms with Crippen molar-refractivity contribution in [2.75, 3.05) is 14.2 Å². The maximum absolute atomic E-state index is 13.0. The molecule has 3 aliphatic carbocycles. The first-order valence-corrected chi connectivity index (χ1v) is 15.5. The highest BCUT2D eigenvalue weighted by Gasteiger charge is 2.37. The SMILES string of the molecule is COC1CCC([C@H](CC(=O)O)NC(=O)C(C)CC(=O)NC2CCC(NC(=O)NC3CCCCC3C)CC2)CC1OC. The van der Waals surface area contributed by atoms with Gasteiger partial charge in [-0.2, -0.15) is 0 Å². The number of hydrogen-bond donors (Lipinski definition) is 5. The standard InChI is InChI=1S/C30H52N4O7/c1-18-7-5-6-8-23(18)34-30(39)32-22-12-10-21(11-13-22)31-27(35)15-19(2)29(38)33-24(17-28(36)37)20-9-14-25(40-3)26(16-20)41-4/h18-26H,5-17H2,1-4H3,(H,31,35)(H,33,38)(H,36,37)(H2,32,34,39)/t18?,19?,20?,21?,22?,23?,24-,25?,26?/m0/s1. The second-order valence-electron chi connectivity index (χ2n) is 12.5. The summed E-state index contributed by atoms with van der Waals surface area (Å²) in [5, 5.41) is 21.7. The number of carboxylic acid groups (broad SMARTS) is 1. The van der Waals surface area contributed by atoms with Crippen molar-refractivity contribution in [3.05, 3.63) is 0 Å². The molecule has 0 aromatic carbocycles. The van der Waals surface area contributed by atoms with Crippen molar-refractivity contribution < 1.29 is 33.8 Å². The van der Waals surface area contributed by atoms with Gasteiger partial charge >= 0.3 is 12.0 Å². The summed E-state index contributed by atoms with van der Waals surface area (Å²) in [6, 6.07) is -0.288. The van der Waals surface area contributed by atoms with Crippen LogP contribution < -0.4 is 21.3 Å². The normalized spacial score (nSPS) is 31.8. The third-order valence-corrected chi connectivity index (χ3v) is 9.46. The van der Waals surface area contributed by atoms with E-state index in [1.54, 1.807) is 21.1 Å². The summed E-state index contributed by atoms with van der Waals surface area (Å²) in [6.45, 7) is 3.89. The van der Waals surface area contributed by atoms with Crippen LogP contribution in [0.15, 0.2) is 0 Å². The number of carboxylic acids is 1. The van der Waals surface area contributed by atoms with Crippen LogP contribution in [0.1, 0.15) is 97.3 Å². The van der Waals surface area contributed by atoms with E-state index in [2.05, 4.69) is 28.2 Å². The summed E-state index contributed by atoms with van der Waals surface area (Å²) in [4.78, 5) is 49.8. The fourth-order valence-electron chi connectivity index (χ4n) is 6.83. The molecule has 3 saturated carbocycles. The zero-order chi connectivity index (χ0) is 29.9. The first-order chi connectivity index (χ1) is 19.6. The molecule has 6 unspecified atom stereocenters. The minimum atomic E-state index is -0.977. The molecule has 5 N–H and O–H groups in total. The molecular formula is C30H52N4O7. The Labute approximate surface area is 244 Å². The van der Waals surface area contributed by atoms with E-state index in [-0.39, 0.29) is 66.9 Å². The van der Waals surface area contributed by atoms with Gasteiger partial charge in [0.15, 0.2) is 0 Å². The van der Waals surface area contributed by atoms with E-state index in [0.717, 1.165) is 57.8 Å². The van der Waals surface area contributed by atoms with Crippen LogP contribution in [0.3, 0.4) is 0 Å². The minimum Gasteiger partial charge on any atom is -0.481 e. The van der Waals surface area contributed by atoms with Gasteiger partial charge < -0.3 is 35.8 Å². The van der Waals surface area contributed by atoms with Crippen LogP contribution >= 0.6 is 0 Å². The number of hydrogen-bond acceptors (Lipinski definition) is 6. The van der Waals surface area contributed by atoms with Gasteiger partial charge in [-0.15, -0.1) is 0 Å². The molecule has 0 aliphatic heterocycles. The first kappa shape index (κ1) is 33.1. The lowest BCUT2D eigenvalue weighted by Crippen LogP contribution is -2.51. The van der Waals surface area contributed by atoms with E-state index in [1.807, 2.05) is 0 Å². The number of methoxy groups -OCH3 is 2. The monoisotopic (exact) mass is 580 g/mol. The molecule has 234 valence electrons. The third-order valence-electron chi connectivity index (χ3n) is 9.46. The van der Waals surface area contributed by atoms with E-state index in [9.17, 15) is 24.3 Å². The smallest absolute Gasteiger partial charge is 0.315 e. The van der Waals surface area contributed by atoms with Gasteiger partial charge in [-0.05, 0) is 69.6 Å². The van der Waals surface area contributed by atoms with E-state index in [0.29, 0.717) is 12.3 Å². The van der Waals surface area contributed by atoms with Gasteiger partial charge in [0, 0.05) is 50.7 Å². The number of rotatable bonds is 12. The molecule has 0 aromatic rings. The molecule has 11 nitrogen and oxygen atoms in total. The molecule has 4 amide bonds. The number of amides is 4. The summed E-state index contributed by atoms with van der Waals surface area (Å²) in [5.41, 5.74) is 0. The molecule has 0 bridgehead atoms. The molecule has 0 saturated heterocycles. The van der Waals surface area contributed by atoms with Gasteiger partial charge in [-0.1, -0.05) is 26.7 Å². The van der Waals surface area contributed by atoms with Gasteiger partial charge in [0.2, 0.25) is 11.8 Å². The van der Waals surface area contributed by atoms with E-state index >= 15 is 0 Å². The fraction of sp³-hybridized carbons (Fsp3) is 0.867. The van der Waals surface area contributed by atoms with Crippen LogP contribution in [0.5, 0.6) is 0 Å². The zero-order valence-corrected chi connectivity index (χ0v) is 25.3. The molecule has 0 aromatic heterocycles. The summed E-state index contributed by atoms with van der Waals surface area (Å²) in [7, 11) is 3.25. The van der Waals surface area contributed by atoms with Gasteiger partial charge in [0.1, 0.15) is 0 Å². The highest BCUT2D eigenvalue weighted by molar-refractivity contribution is 5.86. The van der Waals surface area contributed by atoms with Gasteiger partial charge in [0.05, 0.1) is 18.6 Å². The van der Waals surface area contributed by atoms with Crippen molar-refractivity contribution in [1.82, 2.24) is 21.3 Å². The lowest BCUT2D eigenvalue weighted by Gasteiger charge is -2.38. The molecule has 3 aliphatic rings. The Morgan fingerprint density at radius 1 is 0.805 bits per heavy atom. The Bertz CT molecular complexity index is 879. The van der Waals surface area contributed by atoms with Crippen molar-refractivity contribution in [1.29, 1.82) is 0 Å². The number of aliphatic carboxylic acids is 1. The summed E-state index contributed by atoms with van der Waals surface area (Å²) < 4.78 is 11.0. The average Bonchev–Trinajstić information content (AvgIpc) is 2.94. The number of urea groups is 1. The van der Waals surface area contributed by atoms with Crippen molar-refractivity contribution >= 4 is 23.8 Å². The average molecular weight is 581 g/mol. The van der Waals surface area contributed by atoms with Crippen molar-refractivity contribution in [2.45, 2.75) is 134 Å². The maximum atomic E-state index is 13.0. The van der Waals surface area contributed by atoms with Crippen LogP contribution in [-0.2, 0) is 23.9 Å². The van der Waals surface area contributed by atoms with E-state index in [4.69, 9.17) is 9.47 Å². The van der Waals surface area contributed by atoms with Gasteiger partial charge in [-0.25, -0.2) is 4.79 Å². The van der Waals surface area contributed by atoms with Crippen LogP contribution in [0.2, 0.25) is 0 Å². The molecule has 41 heavy (non-hydrogen) atoms. The molecule has 0 heterocycles. The van der Waals surface area contributed by atoms with E-state index in [1.165, 1.54) is 6.42 Å². The Balaban J connectivity index is 1.39. The topological polar surface area (TPSA) is 155 Å². The Kier molecular flexibility index (Phi) is 13.2. The zero-order valence-electron chi connectivity index (χ0n) is 25.3. The highest BCUT2D eigenvalue weighted by atomic mass is 16.5. The van der Waals surface area contributed by atoms with Crippen molar-refractivity contribution in [3.8, 4) is 0 Å². The summed E-state index contributed by atoms with van der Waals surface area (Å²) in [6.07, 6.45) is 9.40. The van der Waals surface area contributed by atoms with Gasteiger partial charge in [0.25, 0.3) is 0 Å². The fourth-order valence-corrected chi connectivity index (χ4v) is 6.83. The predicted molar refractivity (Wildman–Crippen MR) is 154 cm³/mol. The summed E-state index contributed by atoms with van der Waals surface area (Å²) in [5.74, 6) is -1.63. The van der Waals surface area contributed by atoms with Crippen LogP contribution in [0, 0.1) is 17.8 Å². The maximum Gasteiger partial charge on any atom is 0.315 e. The second-order valence-corrected chi connectivity index (χ2v) is 12.5. The second kappa shape index (κ2) is 16.3. The number of carbonyl (C=O) groups excluding carboxylic acids is 3. The van der Waals surface area contributed by atoms with Crippen molar-refractivity contribution in [2.24, 2.45) is 17.8 Å². The molecule has 3 rings (SSSR count). The molecule has 7 atom stereocenters. The number of nitrogens with one attached hydrogen (secondary N) is 4. The Morgan fingerprint density at radius 2 is 1.44 bits per heavy atom.